The summed E-state index contributed by atoms with van der Waals surface area (Å²) in [6.45, 7) is 4.08. The lowest BCUT2D eigenvalue weighted by Gasteiger charge is -2.13. The van der Waals surface area contributed by atoms with Gasteiger partial charge in [-0.3, -0.25) is 4.79 Å². The molecule has 1 unspecified atom stereocenters. The first-order valence-corrected chi connectivity index (χ1v) is 6.34. The fourth-order valence-electron chi connectivity index (χ4n) is 1.78. The SMILES string of the molecule is CC(C)CC(C#N)NC(=O)CCc1ccccc1. The molecule has 0 saturated heterocycles. The van der Waals surface area contributed by atoms with Crippen molar-refractivity contribution in [2.75, 3.05) is 0 Å². The highest BCUT2D eigenvalue weighted by atomic mass is 16.1. The van der Waals surface area contributed by atoms with Crippen LogP contribution in [0.25, 0.3) is 0 Å². The van der Waals surface area contributed by atoms with Gasteiger partial charge in [0.15, 0.2) is 0 Å². The van der Waals surface area contributed by atoms with E-state index in [9.17, 15) is 4.79 Å². The van der Waals surface area contributed by atoms with Crippen molar-refractivity contribution in [3.63, 3.8) is 0 Å². The minimum Gasteiger partial charge on any atom is -0.340 e. The number of nitrogens with one attached hydrogen (secondary N) is 1. The number of benzene rings is 1. The zero-order chi connectivity index (χ0) is 13.4. The van der Waals surface area contributed by atoms with E-state index in [-0.39, 0.29) is 11.9 Å². The maximum Gasteiger partial charge on any atom is 0.221 e. The summed E-state index contributed by atoms with van der Waals surface area (Å²) in [7, 11) is 0. The Kier molecular flexibility index (Phi) is 5.93. The lowest BCUT2D eigenvalue weighted by Crippen LogP contribution is -2.34. The molecule has 0 aromatic heterocycles. The number of hydrogen-bond donors (Lipinski definition) is 1. The summed E-state index contributed by atoms with van der Waals surface area (Å²) < 4.78 is 0. The van der Waals surface area contributed by atoms with Crippen LogP contribution in [0, 0.1) is 17.2 Å². The van der Waals surface area contributed by atoms with Gasteiger partial charge in [-0.1, -0.05) is 44.2 Å². The molecule has 0 aliphatic rings. The molecule has 0 aliphatic carbocycles. The summed E-state index contributed by atoms with van der Waals surface area (Å²) in [5.41, 5.74) is 1.14. The third-order valence-corrected chi connectivity index (χ3v) is 2.68. The molecule has 1 N–H and O–H groups in total. The van der Waals surface area contributed by atoms with Gasteiger partial charge in [0.1, 0.15) is 6.04 Å². The van der Waals surface area contributed by atoms with E-state index in [2.05, 4.69) is 11.4 Å². The van der Waals surface area contributed by atoms with Crippen LogP contribution in [0.15, 0.2) is 30.3 Å². The Morgan fingerprint density at radius 3 is 2.56 bits per heavy atom. The van der Waals surface area contributed by atoms with Gasteiger partial charge in [-0.2, -0.15) is 5.26 Å². The largest absolute Gasteiger partial charge is 0.340 e. The first-order chi connectivity index (χ1) is 8.61. The van der Waals surface area contributed by atoms with Crippen LogP contribution in [-0.2, 0) is 11.2 Å². The van der Waals surface area contributed by atoms with Gasteiger partial charge in [0.2, 0.25) is 5.91 Å². The third-order valence-electron chi connectivity index (χ3n) is 2.68. The molecule has 18 heavy (non-hydrogen) atoms. The number of amides is 1. The first-order valence-electron chi connectivity index (χ1n) is 6.34. The van der Waals surface area contributed by atoms with Crippen LogP contribution in [0.2, 0.25) is 0 Å². The Balaban J connectivity index is 2.35. The lowest BCUT2D eigenvalue weighted by molar-refractivity contribution is -0.121. The zero-order valence-electron chi connectivity index (χ0n) is 11.0. The van der Waals surface area contributed by atoms with Gasteiger partial charge in [-0.25, -0.2) is 0 Å². The van der Waals surface area contributed by atoms with Crippen molar-refractivity contribution >= 4 is 5.91 Å². The third kappa shape index (κ3) is 5.49. The van der Waals surface area contributed by atoms with Crippen LogP contribution in [0.1, 0.15) is 32.3 Å². The highest BCUT2D eigenvalue weighted by molar-refractivity contribution is 5.76. The van der Waals surface area contributed by atoms with Gasteiger partial charge in [-0.15, -0.1) is 0 Å². The Morgan fingerprint density at radius 2 is 2.00 bits per heavy atom. The van der Waals surface area contributed by atoms with Gasteiger partial charge in [0, 0.05) is 6.42 Å². The zero-order valence-corrected chi connectivity index (χ0v) is 11.0. The Morgan fingerprint density at radius 1 is 1.33 bits per heavy atom. The van der Waals surface area contributed by atoms with Crippen molar-refractivity contribution in [3.05, 3.63) is 35.9 Å². The molecule has 0 bridgehead atoms. The number of nitriles is 1. The highest BCUT2D eigenvalue weighted by Crippen LogP contribution is 2.05. The molecule has 0 radical (unpaired) electrons. The second-order valence-corrected chi connectivity index (χ2v) is 4.86. The molecule has 1 aromatic rings. The normalized spacial score (nSPS) is 11.9. The van der Waals surface area contributed by atoms with Crippen LogP contribution in [0.5, 0.6) is 0 Å². The minimum atomic E-state index is -0.367. The Hall–Kier alpha value is -1.82. The van der Waals surface area contributed by atoms with E-state index in [1.165, 1.54) is 0 Å². The number of carbonyl (C=O) groups is 1. The summed E-state index contributed by atoms with van der Waals surface area (Å²) in [5, 5.41) is 11.7. The maximum absolute atomic E-state index is 11.7. The standard InChI is InChI=1S/C15H20N2O/c1-12(2)10-14(11-16)17-15(18)9-8-13-6-4-3-5-7-13/h3-7,12,14H,8-10H2,1-2H3,(H,17,18). The molecule has 0 fully saturated rings. The summed E-state index contributed by atoms with van der Waals surface area (Å²) >= 11 is 0. The van der Waals surface area contributed by atoms with E-state index in [4.69, 9.17) is 5.26 Å². The molecule has 0 aliphatic heterocycles. The average molecular weight is 244 g/mol. The molecule has 0 spiro atoms. The van der Waals surface area contributed by atoms with Crippen LogP contribution in [-0.4, -0.2) is 11.9 Å². The molecule has 1 rings (SSSR count). The maximum atomic E-state index is 11.7. The number of aryl methyl sites for hydroxylation is 1. The fourth-order valence-corrected chi connectivity index (χ4v) is 1.78. The average Bonchev–Trinajstić information content (AvgIpc) is 2.36. The minimum absolute atomic E-state index is 0.0500. The number of nitrogens with zero attached hydrogens (tertiary/aromatic N) is 1. The molecular formula is C15H20N2O. The molecular weight excluding hydrogens is 224 g/mol. The van der Waals surface area contributed by atoms with Gasteiger partial charge >= 0.3 is 0 Å². The van der Waals surface area contributed by atoms with Crippen LogP contribution in [0.3, 0.4) is 0 Å². The van der Waals surface area contributed by atoms with Crippen molar-refractivity contribution in [2.24, 2.45) is 5.92 Å². The van der Waals surface area contributed by atoms with Crippen molar-refractivity contribution in [2.45, 2.75) is 39.2 Å². The molecule has 96 valence electrons. The summed E-state index contributed by atoms with van der Waals surface area (Å²) in [6, 6.07) is 11.7. The Labute approximate surface area is 109 Å². The van der Waals surface area contributed by atoms with Crippen molar-refractivity contribution in [1.82, 2.24) is 5.32 Å². The fraction of sp³-hybridized carbons (Fsp3) is 0.467. The molecule has 3 heteroatoms. The second-order valence-electron chi connectivity index (χ2n) is 4.86. The Bertz CT molecular complexity index is 406. The highest BCUT2D eigenvalue weighted by Gasteiger charge is 2.12. The molecule has 0 heterocycles. The predicted octanol–water partition coefficient (Wildman–Crippen LogP) is 2.67. The smallest absolute Gasteiger partial charge is 0.221 e. The van der Waals surface area contributed by atoms with Crippen LogP contribution < -0.4 is 5.32 Å². The second kappa shape index (κ2) is 7.50. The summed E-state index contributed by atoms with van der Waals surface area (Å²) in [6.07, 6.45) is 1.85. The van der Waals surface area contributed by atoms with Crippen molar-refractivity contribution in [1.29, 1.82) is 5.26 Å². The van der Waals surface area contributed by atoms with Gasteiger partial charge < -0.3 is 5.32 Å². The molecule has 1 atom stereocenters. The van der Waals surface area contributed by atoms with E-state index < -0.39 is 0 Å². The molecule has 0 saturated carbocycles. The molecule has 1 aromatic carbocycles. The topological polar surface area (TPSA) is 52.9 Å². The van der Waals surface area contributed by atoms with E-state index >= 15 is 0 Å². The molecule has 1 amide bonds. The quantitative estimate of drug-likeness (QED) is 0.836. The van der Waals surface area contributed by atoms with Gasteiger partial charge in [-0.05, 0) is 24.3 Å². The molecule has 3 nitrogen and oxygen atoms in total. The van der Waals surface area contributed by atoms with E-state index in [0.717, 1.165) is 5.56 Å². The van der Waals surface area contributed by atoms with E-state index in [1.54, 1.807) is 0 Å². The summed E-state index contributed by atoms with van der Waals surface area (Å²) in [4.78, 5) is 11.7. The first kappa shape index (κ1) is 14.2. The van der Waals surface area contributed by atoms with Gasteiger partial charge in [0.05, 0.1) is 6.07 Å². The van der Waals surface area contributed by atoms with E-state index in [1.807, 2.05) is 44.2 Å². The van der Waals surface area contributed by atoms with Gasteiger partial charge in [0.25, 0.3) is 0 Å². The number of carbonyl (C=O) groups excluding carboxylic acids is 1. The van der Waals surface area contributed by atoms with Crippen molar-refractivity contribution in [3.8, 4) is 6.07 Å². The monoisotopic (exact) mass is 244 g/mol. The lowest BCUT2D eigenvalue weighted by atomic mass is 10.0. The van der Waals surface area contributed by atoms with Crippen LogP contribution >= 0.6 is 0 Å². The summed E-state index contributed by atoms with van der Waals surface area (Å²) in [5.74, 6) is 0.357. The van der Waals surface area contributed by atoms with Crippen molar-refractivity contribution < 1.29 is 4.79 Å². The number of rotatable bonds is 6. The number of hydrogen-bond acceptors (Lipinski definition) is 2. The predicted molar refractivity (Wildman–Crippen MR) is 71.8 cm³/mol. The van der Waals surface area contributed by atoms with E-state index in [0.29, 0.717) is 25.2 Å². The van der Waals surface area contributed by atoms with Crippen LogP contribution in [0.4, 0.5) is 0 Å².